The minimum atomic E-state index is -3.27. The number of hydrogen-bond acceptors (Lipinski definition) is 3. The van der Waals surface area contributed by atoms with E-state index in [4.69, 9.17) is 9.66 Å². The molecule has 0 radical (unpaired) electrons. The first kappa shape index (κ1) is 6.29. The molecule has 0 aliphatic carbocycles. The second-order valence-electron chi connectivity index (χ2n) is 0.711. The molecular formula is CH4O3S2. The van der Waals surface area contributed by atoms with Gasteiger partial charge in [0.05, 0.1) is 0 Å². The molecule has 1 unspecified atom stereocenters. The van der Waals surface area contributed by atoms with Gasteiger partial charge in [0.25, 0.3) is 0 Å². The molecule has 0 aromatic rings. The highest BCUT2D eigenvalue weighted by Gasteiger charge is 1.89. The lowest BCUT2D eigenvalue weighted by Crippen LogP contribution is -1.98. The third-order valence-electron chi connectivity index (χ3n) is 0.163. The molecule has 0 aromatic heterocycles. The summed E-state index contributed by atoms with van der Waals surface area (Å²) in [6, 6.07) is 0. The fourth-order valence-electron chi connectivity index (χ4n) is 0. The summed E-state index contributed by atoms with van der Waals surface area (Å²) in [6.07, 6.45) is 0. The van der Waals surface area contributed by atoms with Crippen LogP contribution in [0.1, 0.15) is 0 Å². The quantitative estimate of drug-likeness (QED) is 0.483. The van der Waals surface area contributed by atoms with Crippen LogP contribution in [0.15, 0.2) is 0 Å². The Labute approximate surface area is 40.5 Å². The average Bonchev–Trinajstić information content (AvgIpc) is 1.35. The lowest BCUT2D eigenvalue weighted by Gasteiger charge is -1.84. The van der Waals surface area contributed by atoms with Crippen LogP contribution >= 0.6 is 0 Å². The Morgan fingerprint density at radius 2 is 2.00 bits per heavy atom. The van der Waals surface area contributed by atoms with E-state index in [2.05, 4.69) is 11.2 Å². The van der Waals surface area contributed by atoms with E-state index in [1.807, 2.05) is 0 Å². The fourth-order valence-corrected chi connectivity index (χ4v) is 0. The molecule has 0 bridgehead atoms. The Morgan fingerprint density at radius 3 is 2.00 bits per heavy atom. The second kappa shape index (κ2) is 1.83. The first-order chi connectivity index (χ1) is 2.56. The maximum atomic E-state index is 9.68. The molecule has 2 N–H and O–H groups in total. The highest BCUT2D eigenvalue weighted by Crippen LogP contribution is 1.73. The first-order valence-corrected chi connectivity index (χ1v) is 3.73. The van der Waals surface area contributed by atoms with Crippen LogP contribution < -0.4 is 0 Å². The summed E-state index contributed by atoms with van der Waals surface area (Å²) in [4.78, 5) is 0. The predicted molar refractivity (Wildman–Crippen MR) is 25.2 cm³/mol. The molecule has 0 rings (SSSR count). The van der Waals surface area contributed by atoms with E-state index in [-0.39, 0.29) is 0 Å². The van der Waals surface area contributed by atoms with E-state index in [1.165, 1.54) is 0 Å². The van der Waals surface area contributed by atoms with Crippen molar-refractivity contribution in [3.05, 3.63) is 0 Å². The summed E-state index contributed by atoms with van der Waals surface area (Å²) in [5, 5.41) is 7.77. The largest absolute Gasteiger partial charge is 0.380 e. The third kappa shape index (κ3) is 4.29. The molecular weight excluding hydrogens is 124 g/mol. The number of rotatable bonds is 1. The van der Waals surface area contributed by atoms with Crippen molar-refractivity contribution in [3.8, 4) is 0 Å². The number of aliphatic hydroxyl groups is 1. The van der Waals surface area contributed by atoms with Crippen LogP contribution in [0.4, 0.5) is 0 Å². The van der Waals surface area contributed by atoms with Crippen LogP contribution in [0.5, 0.6) is 0 Å². The summed E-state index contributed by atoms with van der Waals surface area (Å²) in [6.45, 7) is 0. The van der Waals surface area contributed by atoms with Crippen LogP contribution in [-0.4, -0.2) is 19.8 Å². The molecule has 0 saturated carbocycles. The highest BCUT2D eigenvalue weighted by molar-refractivity contribution is 8.29. The van der Waals surface area contributed by atoms with Gasteiger partial charge in [-0.2, -0.15) is 0 Å². The molecule has 0 spiro atoms. The molecule has 0 aliphatic rings. The Morgan fingerprint density at radius 1 is 1.83 bits per heavy atom. The minimum absolute atomic E-state index is 0.831. The SMILES string of the molecule is O=S(O)(=S)CO. The van der Waals surface area contributed by atoms with Crippen LogP contribution in [0.25, 0.3) is 0 Å². The van der Waals surface area contributed by atoms with Crippen molar-refractivity contribution in [3.63, 3.8) is 0 Å². The van der Waals surface area contributed by atoms with E-state index in [0.29, 0.717) is 0 Å². The fraction of sp³-hybridized carbons (Fsp3) is 1.00. The summed E-state index contributed by atoms with van der Waals surface area (Å²) >= 11 is 3.82. The normalized spacial score (nSPS) is 19.7. The monoisotopic (exact) mass is 128 g/mol. The average molecular weight is 128 g/mol. The van der Waals surface area contributed by atoms with Gasteiger partial charge >= 0.3 is 0 Å². The van der Waals surface area contributed by atoms with Crippen LogP contribution in [0.3, 0.4) is 0 Å². The van der Waals surface area contributed by atoms with Gasteiger partial charge < -0.3 is 9.66 Å². The van der Waals surface area contributed by atoms with Crippen molar-refractivity contribution in [1.82, 2.24) is 0 Å². The first-order valence-electron chi connectivity index (χ1n) is 1.12. The molecule has 0 amide bonds. The van der Waals surface area contributed by atoms with Crippen LogP contribution in [0, 0.1) is 0 Å². The standard InChI is InChI=1S/CH4O3S2/c2-1-6(3,4)5/h2H,1H2,(H,3,4,5). The van der Waals surface area contributed by atoms with E-state index < -0.39 is 14.7 Å². The molecule has 6 heavy (non-hydrogen) atoms. The maximum absolute atomic E-state index is 9.68. The van der Waals surface area contributed by atoms with Crippen molar-refractivity contribution in [2.24, 2.45) is 0 Å². The van der Waals surface area contributed by atoms with Gasteiger partial charge in [-0.05, 0) is 0 Å². The molecule has 0 aromatic carbocycles. The molecule has 1 atom stereocenters. The summed E-state index contributed by atoms with van der Waals surface area (Å²) < 4.78 is 17.6. The number of hydrogen-bond donors (Lipinski definition) is 2. The van der Waals surface area contributed by atoms with E-state index in [1.54, 1.807) is 0 Å². The van der Waals surface area contributed by atoms with E-state index in [0.717, 1.165) is 0 Å². The second-order valence-corrected chi connectivity index (χ2v) is 3.70. The zero-order chi connectivity index (χ0) is 5.21. The van der Waals surface area contributed by atoms with Gasteiger partial charge in [0.15, 0.2) is 8.77 Å². The van der Waals surface area contributed by atoms with Gasteiger partial charge in [-0.3, -0.25) is 0 Å². The summed E-state index contributed by atoms with van der Waals surface area (Å²) in [5.74, 6) is -0.831. The minimum Gasteiger partial charge on any atom is -0.380 e. The zero-order valence-electron chi connectivity index (χ0n) is 2.83. The Kier molecular flexibility index (Phi) is 1.92. The van der Waals surface area contributed by atoms with Crippen LogP contribution in [-0.2, 0) is 20.0 Å². The van der Waals surface area contributed by atoms with Gasteiger partial charge in [0.2, 0.25) is 0 Å². The van der Waals surface area contributed by atoms with Crippen molar-refractivity contribution in [1.29, 1.82) is 0 Å². The topological polar surface area (TPSA) is 57.5 Å². The maximum Gasteiger partial charge on any atom is 0.166 e. The van der Waals surface area contributed by atoms with Crippen molar-refractivity contribution in [2.45, 2.75) is 0 Å². The molecule has 0 saturated heterocycles. The lowest BCUT2D eigenvalue weighted by atomic mass is 11.7. The van der Waals surface area contributed by atoms with E-state index >= 15 is 0 Å². The van der Waals surface area contributed by atoms with Crippen LogP contribution in [0.2, 0.25) is 0 Å². The zero-order valence-corrected chi connectivity index (χ0v) is 4.46. The molecule has 3 nitrogen and oxygen atoms in total. The van der Waals surface area contributed by atoms with Crippen molar-refractivity contribution >= 4 is 20.0 Å². The third-order valence-corrected chi connectivity index (χ3v) is 0.806. The molecule has 0 heterocycles. The van der Waals surface area contributed by atoms with Crippen molar-refractivity contribution in [2.75, 3.05) is 5.94 Å². The Bertz CT molecular complexity index is 111. The molecule has 5 heteroatoms. The van der Waals surface area contributed by atoms with Crippen molar-refractivity contribution < 1.29 is 13.9 Å². The van der Waals surface area contributed by atoms with Gasteiger partial charge in [0.1, 0.15) is 5.94 Å². The lowest BCUT2D eigenvalue weighted by molar-refractivity contribution is 0.353. The Hall–Kier alpha value is 0.290. The predicted octanol–water partition coefficient (Wildman–Crippen LogP) is -0.845. The molecule has 38 valence electrons. The molecule has 0 fully saturated rings. The van der Waals surface area contributed by atoms with Gasteiger partial charge in [-0.25, -0.2) is 4.21 Å². The highest BCUT2D eigenvalue weighted by atomic mass is 32.8. The summed E-state index contributed by atoms with van der Waals surface area (Å²) in [5.41, 5.74) is 0. The smallest absolute Gasteiger partial charge is 0.166 e. The van der Waals surface area contributed by atoms with Gasteiger partial charge in [-0.15, -0.1) is 0 Å². The molecule has 0 aliphatic heterocycles. The summed E-state index contributed by atoms with van der Waals surface area (Å²) in [7, 11) is -3.27. The number of aliphatic hydroxyl groups excluding tert-OH is 1. The van der Waals surface area contributed by atoms with Gasteiger partial charge in [0, 0.05) is 11.2 Å². The van der Waals surface area contributed by atoms with Gasteiger partial charge in [-0.1, -0.05) is 0 Å². The Balaban J connectivity index is 3.85. The van der Waals surface area contributed by atoms with E-state index in [9.17, 15) is 4.21 Å².